The molecule has 0 spiro atoms. The number of amides is 2. The number of rotatable bonds is 0. The lowest BCUT2D eigenvalue weighted by molar-refractivity contribution is -0.154. The second-order valence-electron chi connectivity index (χ2n) is 5.48. The fraction of sp³-hybridized carbons (Fsp3) is 0.818. The van der Waals surface area contributed by atoms with Crippen LogP contribution in [0.5, 0.6) is 0 Å². The zero-order valence-electron chi connectivity index (χ0n) is 10.1. The van der Waals surface area contributed by atoms with Crippen molar-refractivity contribution in [1.82, 2.24) is 15.1 Å². The van der Waals surface area contributed by atoms with Gasteiger partial charge in [0.25, 0.3) is 0 Å². The fourth-order valence-corrected chi connectivity index (χ4v) is 2.33. The Balaban J connectivity index is 2.15. The number of fused-ring (bicyclic) bond motifs is 1. The molecule has 1 atom stereocenters. The Morgan fingerprint density at radius 2 is 1.94 bits per heavy atom. The molecule has 2 heterocycles. The quantitative estimate of drug-likeness (QED) is 0.600. The first-order chi connectivity index (χ1) is 7.39. The van der Waals surface area contributed by atoms with E-state index in [2.05, 4.69) is 5.32 Å². The summed E-state index contributed by atoms with van der Waals surface area (Å²) >= 11 is 0. The van der Waals surface area contributed by atoms with Crippen LogP contribution in [0.4, 0.5) is 0 Å². The largest absolute Gasteiger partial charge is 0.334 e. The Morgan fingerprint density at radius 1 is 1.25 bits per heavy atom. The second-order valence-corrected chi connectivity index (χ2v) is 5.48. The minimum Gasteiger partial charge on any atom is -0.334 e. The lowest BCUT2D eigenvalue weighted by atomic mass is 10.0. The Kier molecular flexibility index (Phi) is 2.66. The molecule has 2 aliphatic heterocycles. The third kappa shape index (κ3) is 1.91. The summed E-state index contributed by atoms with van der Waals surface area (Å²) in [5, 5.41) is 3.09. The van der Waals surface area contributed by atoms with Gasteiger partial charge in [0, 0.05) is 18.6 Å². The van der Waals surface area contributed by atoms with Gasteiger partial charge in [-0.15, -0.1) is 0 Å². The van der Waals surface area contributed by atoms with Crippen molar-refractivity contribution in [3.63, 3.8) is 0 Å². The molecule has 5 nitrogen and oxygen atoms in total. The monoisotopic (exact) mass is 225 g/mol. The lowest BCUT2D eigenvalue weighted by Gasteiger charge is -2.48. The van der Waals surface area contributed by atoms with E-state index in [0.717, 1.165) is 6.54 Å². The highest BCUT2D eigenvalue weighted by molar-refractivity contribution is 5.88. The Labute approximate surface area is 95.8 Å². The molecular weight excluding hydrogens is 206 g/mol. The summed E-state index contributed by atoms with van der Waals surface area (Å²) in [4.78, 5) is 27.2. The first-order valence-electron chi connectivity index (χ1n) is 5.70. The molecule has 2 amide bonds. The summed E-state index contributed by atoms with van der Waals surface area (Å²) in [7, 11) is 0. The van der Waals surface area contributed by atoms with Gasteiger partial charge in [-0.2, -0.15) is 0 Å². The van der Waals surface area contributed by atoms with Gasteiger partial charge in [0.2, 0.25) is 11.8 Å². The van der Waals surface area contributed by atoms with Crippen LogP contribution < -0.4 is 5.32 Å². The smallest absolute Gasteiger partial charge is 0.242 e. The first-order valence-corrected chi connectivity index (χ1v) is 5.70. The van der Waals surface area contributed by atoms with Crippen molar-refractivity contribution in [2.45, 2.75) is 32.4 Å². The molecule has 2 saturated heterocycles. The van der Waals surface area contributed by atoms with Crippen LogP contribution in [0.25, 0.3) is 0 Å². The van der Waals surface area contributed by atoms with E-state index in [-0.39, 0.29) is 29.9 Å². The number of nitrogens with one attached hydrogen (secondary N) is 1. The molecule has 2 fully saturated rings. The summed E-state index contributed by atoms with van der Waals surface area (Å²) in [5.74, 6) is 0.0946. The molecule has 90 valence electrons. The number of hydrogen-bond donors (Lipinski definition) is 1. The van der Waals surface area contributed by atoms with Crippen molar-refractivity contribution in [2.24, 2.45) is 0 Å². The molecule has 5 heteroatoms. The Morgan fingerprint density at radius 3 is 2.56 bits per heavy atom. The summed E-state index contributed by atoms with van der Waals surface area (Å²) in [6.45, 7) is 8.10. The summed E-state index contributed by atoms with van der Waals surface area (Å²) in [6.07, 6.45) is 0. The number of carbonyl (C=O) groups is 2. The van der Waals surface area contributed by atoms with Crippen molar-refractivity contribution < 1.29 is 9.59 Å². The molecule has 0 aromatic heterocycles. The predicted molar refractivity (Wildman–Crippen MR) is 59.8 cm³/mol. The summed E-state index contributed by atoms with van der Waals surface area (Å²) < 4.78 is 0. The average molecular weight is 225 g/mol. The summed E-state index contributed by atoms with van der Waals surface area (Å²) in [5.41, 5.74) is -0.163. The third-order valence-electron chi connectivity index (χ3n) is 3.23. The highest BCUT2D eigenvalue weighted by Gasteiger charge is 2.40. The molecule has 0 aliphatic carbocycles. The number of piperazine rings is 2. The zero-order valence-corrected chi connectivity index (χ0v) is 10.1. The van der Waals surface area contributed by atoms with Gasteiger partial charge in [-0.05, 0) is 20.8 Å². The molecule has 0 aromatic rings. The molecule has 0 bridgehead atoms. The average Bonchev–Trinajstić information content (AvgIpc) is 2.17. The van der Waals surface area contributed by atoms with Crippen LogP contribution in [0.3, 0.4) is 0 Å². The van der Waals surface area contributed by atoms with Crippen LogP contribution in [0.1, 0.15) is 20.8 Å². The van der Waals surface area contributed by atoms with Crippen LogP contribution in [0.2, 0.25) is 0 Å². The maximum Gasteiger partial charge on any atom is 0.242 e. The third-order valence-corrected chi connectivity index (χ3v) is 3.23. The maximum atomic E-state index is 12.0. The van der Waals surface area contributed by atoms with Crippen molar-refractivity contribution in [1.29, 1.82) is 0 Å². The van der Waals surface area contributed by atoms with E-state index in [0.29, 0.717) is 13.1 Å². The molecule has 0 radical (unpaired) electrons. The number of carbonyl (C=O) groups excluding carboxylic acids is 2. The van der Waals surface area contributed by atoms with Crippen molar-refractivity contribution >= 4 is 11.8 Å². The molecule has 16 heavy (non-hydrogen) atoms. The van der Waals surface area contributed by atoms with Crippen LogP contribution in [-0.2, 0) is 9.59 Å². The highest BCUT2D eigenvalue weighted by atomic mass is 16.2. The lowest BCUT2D eigenvalue weighted by Crippen LogP contribution is -2.67. The normalized spacial score (nSPS) is 27.1. The molecule has 2 rings (SSSR count). The number of nitrogens with zero attached hydrogens (tertiary/aromatic N) is 2. The maximum absolute atomic E-state index is 12.0. The molecule has 0 aromatic carbocycles. The van der Waals surface area contributed by atoms with Crippen LogP contribution in [-0.4, -0.2) is 59.4 Å². The Bertz CT molecular complexity index is 322. The van der Waals surface area contributed by atoms with Gasteiger partial charge in [0.05, 0.1) is 12.6 Å². The van der Waals surface area contributed by atoms with Crippen LogP contribution >= 0.6 is 0 Å². The molecular formula is C11H19N3O2. The van der Waals surface area contributed by atoms with E-state index in [4.69, 9.17) is 0 Å². The van der Waals surface area contributed by atoms with Gasteiger partial charge in [-0.25, -0.2) is 0 Å². The van der Waals surface area contributed by atoms with E-state index in [1.807, 2.05) is 25.7 Å². The van der Waals surface area contributed by atoms with Crippen molar-refractivity contribution in [3.8, 4) is 0 Å². The zero-order chi connectivity index (χ0) is 11.9. The van der Waals surface area contributed by atoms with Gasteiger partial charge in [-0.3, -0.25) is 9.59 Å². The minimum absolute atomic E-state index is 0.0400. The van der Waals surface area contributed by atoms with E-state index in [1.165, 1.54) is 0 Å². The molecule has 2 aliphatic rings. The van der Waals surface area contributed by atoms with E-state index in [9.17, 15) is 9.59 Å². The van der Waals surface area contributed by atoms with Crippen molar-refractivity contribution in [3.05, 3.63) is 0 Å². The fourth-order valence-electron chi connectivity index (χ4n) is 2.33. The highest BCUT2D eigenvalue weighted by Crippen LogP contribution is 2.21. The van der Waals surface area contributed by atoms with Gasteiger partial charge in [-0.1, -0.05) is 0 Å². The standard InChI is InChI=1S/C11H19N3O2/c1-11(2,3)14-6-8-4-12-5-9(15)13(8)7-10(14)16/h8,12H,4-7H2,1-3H3. The van der Waals surface area contributed by atoms with Crippen molar-refractivity contribution in [2.75, 3.05) is 26.2 Å². The van der Waals surface area contributed by atoms with Crippen LogP contribution in [0, 0.1) is 0 Å². The van der Waals surface area contributed by atoms with E-state index in [1.54, 1.807) is 4.90 Å². The molecule has 1 N–H and O–H groups in total. The first kappa shape index (κ1) is 11.4. The SMILES string of the molecule is CC(C)(C)N1CC2CNCC(=O)N2CC1=O. The van der Waals surface area contributed by atoms with E-state index >= 15 is 0 Å². The van der Waals surface area contributed by atoms with Gasteiger partial charge in [0.1, 0.15) is 6.54 Å². The van der Waals surface area contributed by atoms with Crippen LogP contribution in [0.15, 0.2) is 0 Å². The van der Waals surface area contributed by atoms with Gasteiger partial charge >= 0.3 is 0 Å². The van der Waals surface area contributed by atoms with Gasteiger partial charge < -0.3 is 15.1 Å². The Hall–Kier alpha value is -1.10. The minimum atomic E-state index is -0.163. The molecule has 1 unspecified atom stereocenters. The number of hydrogen-bond acceptors (Lipinski definition) is 3. The topological polar surface area (TPSA) is 52.7 Å². The van der Waals surface area contributed by atoms with Gasteiger partial charge in [0.15, 0.2) is 0 Å². The molecule has 0 saturated carbocycles. The van der Waals surface area contributed by atoms with E-state index < -0.39 is 0 Å². The summed E-state index contributed by atoms with van der Waals surface area (Å²) in [6, 6.07) is 0.137. The predicted octanol–water partition coefficient (Wildman–Crippen LogP) is -0.572. The second kappa shape index (κ2) is 3.73.